The molecule has 0 saturated carbocycles. The molecule has 0 spiro atoms. The lowest BCUT2D eigenvalue weighted by molar-refractivity contribution is -0.0547. The van der Waals surface area contributed by atoms with Gasteiger partial charge in [0.05, 0.1) is 18.1 Å². The summed E-state index contributed by atoms with van der Waals surface area (Å²) in [6, 6.07) is 8.39. The maximum atomic E-state index is 14.9. The molecule has 2 aromatic carbocycles. The number of hydrogen-bond donors (Lipinski definition) is 1. The van der Waals surface area contributed by atoms with E-state index in [2.05, 4.69) is 20.9 Å². The van der Waals surface area contributed by atoms with Gasteiger partial charge in [0.1, 0.15) is 11.6 Å². The molecule has 29 heavy (non-hydrogen) atoms. The molecule has 2 unspecified atom stereocenters. The highest BCUT2D eigenvalue weighted by Crippen LogP contribution is 2.43. The second-order valence-electron chi connectivity index (χ2n) is 7.68. The Morgan fingerprint density at radius 3 is 2.62 bits per heavy atom. The van der Waals surface area contributed by atoms with Crippen LogP contribution in [0, 0.1) is 11.6 Å². The molecule has 2 heterocycles. The Morgan fingerprint density at radius 2 is 1.93 bits per heavy atom. The van der Waals surface area contributed by atoms with Crippen LogP contribution in [0.1, 0.15) is 43.1 Å². The third-order valence-electron chi connectivity index (χ3n) is 5.78. The molecule has 1 aliphatic heterocycles. The van der Waals surface area contributed by atoms with Gasteiger partial charge in [-0.05, 0) is 37.1 Å². The smallest absolute Gasteiger partial charge is 0.260 e. The van der Waals surface area contributed by atoms with Gasteiger partial charge in [-0.25, -0.2) is 17.6 Å². The van der Waals surface area contributed by atoms with Crippen LogP contribution >= 0.6 is 15.9 Å². The molecule has 7 heteroatoms. The molecule has 1 N–H and O–H groups in total. The van der Waals surface area contributed by atoms with Gasteiger partial charge >= 0.3 is 0 Å². The van der Waals surface area contributed by atoms with Crippen molar-refractivity contribution in [2.75, 3.05) is 6.54 Å². The van der Waals surface area contributed by atoms with E-state index in [9.17, 15) is 17.6 Å². The Labute approximate surface area is 175 Å². The van der Waals surface area contributed by atoms with E-state index in [0.717, 1.165) is 10.9 Å². The van der Waals surface area contributed by atoms with Crippen molar-refractivity contribution >= 4 is 26.8 Å². The molecule has 0 bridgehead atoms. The van der Waals surface area contributed by atoms with Crippen molar-refractivity contribution in [2.45, 2.75) is 44.7 Å². The minimum absolute atomic E-state index is 0.268. The second kappa shape index (κ2) is 7.43. The number of aromatic nitrogens is 1. The summed E-state index contributed by atoms with van der Waals surface area (Å²) in [5, 5.41) is 0.719. The molecule has 0 aliphatic carbocycles. The molecular formula is C22H21BrF4N2. The maximum Gasteiger partial charge on any atom is 0.260 e. The van der Waals surface area contributed by atoms with Crippen molar-refractivity contribution in [1.29, 1.82) is 0 Å². The topological polar surface area (TPSA) is 19.0 Å². The van der Waals surface area contributed by atoms with Crippen LogP contribution in [0.5, 0.6) is 0 Å². The lowest BCUT2D eigenvalue weighted by atomic mass is 9.88. The Hall–Kier alpha value is -1.86. The molecule has 3 aromatic rings. The maximum absolute atomic E-state index is 14.9. The van der Waals surface area contributed by atoms with E-state index in [1.54, 1.807) is 23.1 Å². The van der Waals surface area contributed by atoms with Gasteiger partial charge in [0.2, 0.25) is 0 Å². The van der Waals surface area contributed by atoms with E-state index >= 15 is 0 Å². The summed E-state index contributed by atoms with van der Waals surface area (Å²) in [4.78, 5) is 4.72. The van der Waals surface area contributed by atoms with Gasteiger partial charge in [0, 0.05) is 33.6 Å². The monoisotopic (exact) mass is 468 g/mol. The number of nitrogens with zero attached hydrogens (tertiary/aromatic N) is 1. The Morgan fingerprint density at radius 1 is 1.17 bits per heavy atom. The predicted molar refractivity (Wildman–Crippen MR) is 109 cm³/mol. The highest BCUT2D eigenvalue weighted by molar-refractivity contribution is 9.10. The number of rotatable bonds is 4. The number of benzene rings is 2. The molecule has 0 saturated heterocycles. The van der Waals surface area contributed by atoms with Crippen molar-refractivity contribution in [3.8, 4) is 0 Å². The lowest BCUT2D eigenvalue weighted by Crippen LogP contribution is -2.48. The lowest BCUT2D eigenvalue weighted by Gasteiger charge is -2.42. The second-order valence-corrected chi connectivity index (χ2v) is 8.60. The number of aromatic amines is 1. The fraction of sp³-hybridized carbons (Fsp3) is 0.364. The van der Waals surface area contributed by atoms with E-state index in [0.29, 0.717) is 27.7 Å². The zero-order valence-corrected chi connectivity index (χ0v) is 17.7. The largest absolute Gasteiger partial charge is 0.354 e. The van der Waals surface area contributed by atoms with Crippen LogP contribution in [-0.4, -0.2) is 28.4 Å². The van der Waals surface area contributed by atoms with Crippen molar-refractivity contribution in [3.05, 3.63) is 69.3 Å². The molecule has 0 fully saturated rings. The third-order valence-corrected chi connectivity index (χ3v) is 6.28. The van der Waals surface area contributed by atoms with Crippen molar-refractivity contribution in [1.82, 2.24) is 9.88 Å². The SMILES string of the molecule is CCC(F)(F)CN1C(C)Cc2c([nH]c3c(F)cccc23)C1c1ccc(Br)cc1F. The van der Waals surface area contributed by atoms with Gasteiger partial charge in [0.25, 0.3) is 5.92 Å². The van der Waals surface area contributed by atoms with Crippen molar-refractivity contribution in [3.63, 3.8) is 0 Å². The Balaban J connectivity index is 1.94. The van der Waals surface area contributed by atoms with Gasteiger partial charge in [0.15, 0.2) is 0 Å². The van der Waals surface area contributed by atoms with Crippen molar-refractivity contribution < 1.29 is 17.6 Å². The summed E-state index contributed by atoms with van der Waals surface area (Å²) in [7, 11) is 0. The number of hydrogen-bond acceptors (Lipinski definition) is 1. The standard InChI is InChI=1S/C22H21BrF4N2/c1-3-22(26,27)11-29-12(2)9-16-14-5-4-6-17(24)19(14)28-20(16)21(29)15-8-7-13(23)10-18(15)25/h4-8,10,12,21,28H,3,9,11H2,1-2H3. The van der Waals surface area contributed by atoms with Crippen LogP contribution in [0.15, 0.2) is 40.9 Å². The van der Waals surface area contributed by atoms with Crippen LogP contribution in [0.2, 0.25) is 0 Å². The molecule has 4 rings (SSSR count). The van der Waals surface area contributed by atoms with Crippen LogP contribution in [0.4, 0.5) is 17.6 Å². The van der Waals surface area contributed by atoms with Gasteiger partial charge in [-0.1, -0.05) is 41.1 Å². The number of halogens is 5. The van der Waals surface area contributed by atoms with E-state index < -0.39 is 30.1 Å². The fourth-order valence-electron chi connectivity index (χ4n) is 4.23. The van der Waals surface area contributed by atoms with Gasteiger partial charge < -0.3 is 4.98 Å². The summed E-state index contributed by atoms with van der Waals surface area (Å²) in [5.41, 5.74) is 2.06. The Bertz CT molecular complexity index is 1060. The van der Waals surface area contributed by atoms with E-state index in [-0.39, 0.29) is 12.5 Å². The van der Waals surface area contributed by atoms with Gasteiger partial charge in [-0.3, -0.25) is 4.90 Å². The van der Waals surface area contributed by atoms with E-state index in [1.165, 1.54) is 19.1 Å². The average Bonchev–Trinajstić information content (AvgIpc) is 3.03. The zero-order chi connectivity index (χ0) is 20.9. The number of nitrogens with one attached hydrogen (secondary N) is 1. The number of alkyl halides is 2. The normalized spacial score (nSPS) is 20.2. The van der Waals surface area contributed by atoms with E-state index in [4.69, 9.17) is 0 Å². The molecule has 0 amide bonds. The van der Waals surface area contributed by atoms with Crippen LogP contribution < -0.4 is 0 Å². The fourth-order valence-corrected chi connectivity index (χ4v) is 4.56. The summed E-state index contributed by atoms with van der Waals surface area (Å²) in [6.07, 6.45) is 0.174. The Kier molecular flexibility index (Phi) is 5.23. The molecule has 2 nitrogen and oxygen atoms in total. The molecule has 154 valence electrons. The average molecular weight is 469 g/mol. The number of H-pyrrole nitrogens is 1. The minimum Gasteiger partial charge on any atom is -0.354 e. The first-order chi connectivity index (χ1) is 13.7. The van der Waals surface area contributed by atoms with Gasteiger partial charge in [-0.2, -0.15) is 0 Å². The quantitative estimate of drug-likeness (QED) is 0.427. The van der Waals surface area contributed by atoms with Crippen LogP contribution in [0.25, 0.3) is 10.9 Å². The highest BCUT2D eigenvalue weighted by Gasteiger charge is 2.42. The zero-order valence-electron chi connectivity index (χ0n) is 16.1. The summed E-state index contributed by atoms with van der Waals surface area (Å²) < 4.78 is 58.7. The van der Waals surface area contributed by atoms with Crippen LogP contribution in [-0.2, 0) is 6.42 Å². The molecule has 1 aliphatic rings. The molecule has 0 radical (unpaired) electrons. The number of para-hydroxylation sites is 1. The van der Waals surface area contributed by atoms with Gasteiger partial charge in [-0.15, -0.1) is 0 Å². The first-order valence-corrected chi connectivity index (χ1v) is 10.4. The van der Waals surface area contributed by atoms with E-state index in [1.807, 2.05) is 13.0 Å². The summed E-state index contributed by atoms with van der Waals surface area (Å²) in [6.45, 7) is 2.80. The molecule has 1 aromatic heterocycles. The molecular weight excluding hydrogens is 448 g/mol. The number of fused-ring (bicyclic) bond motifs is 3. The first kappa shape index (κ1) is 20.4. The predicted octanol–water partition coefficient (Wildman–Crippen LogP) is 6.59. The molecule has 2 atom stereocenters. The minimum atomic E-state index is -2.91. The summed E-state index contributed by atoms with van der Waals surface area (Å²) >= 11 is 3.25. The highest BCUT2D eigenvalue weighted by atomic mass is 79.9. The van der Waals surface area contributed by atoms with Crippen LogP contribution in [0.3, 0.4) is 0 Å². The third kappa shape index (κ3) is 3.59. The first-order valence-electron chi connectivity index (χ1n) is 9.59. The summed E-state index contributed by atoms with van der Waals surface area (Å²) in [5.74, 6) is -3.81. The van der Waals surface area contributed by atoms with Crippen molar-refractivity contribution in [2.24, 2.45) is 0 Å².